The summed E-state index contributed by atoms with van der Waals surface area (Å²) >= 11 is 0. The summed E-state index contributed by atoms with van der Waals surface area (Å²) in [6.07, 6.45) is 0. The van der Waals surface area contributed by atoms with Gasteiger partial charge in [-0.05, 0) is 6.54 Å². The molecule has 0 saturated carbocycles. The molecular weight excluding hydrogens is 106 g/mol. The zero-order valence-corrected chi connectivity index (χ0v) is 4.01. The van der Waals surface area contributed by atoms with Crippen LogP contribution in [0.4, 0.5) is 14.1 Å². The second-order valence-corrected chi connectivity index (χ2v) is 0.558. The van der Waals surface area contributed by atoms with E-state index in [-0.39, 0.29) is 14.1 Å². The molecule has 0 aromatic rings. The Morgan fingerprint density at radius 2 is 1.43 bits per heavy atom. The summed E-state index contributed by atoms with van der Waals surface area (Å²) in [6.45, 7) is 2.79. The zero-order valence-electron chi connectivity index (χ0n) is 4.01. The number of nitrogens with one attached hydrogen (secondary N) is 1. The van der Waals surface area contributed by atoms with Crippen molar-refractivity contribution in [2.45, 2.75) is 6.92 Å². The van der Waals surface area contributed by atoms with E-state index in [2.05, 4.69) is 5.23 Å². The van der Waals surface area contributed by atoms with Crippen molar-refractivity contribution in [3.8, 4) is 0 Å². The quantitative estimate of drug-likeness (QED) is 0.479. The third-order valence-electron chi connectivity index (χ3n) is 0.204. The van der Waals surface area contributed by atoms with Crippen molar-refractivity contribution in [3.63, 3.8) is 0 Å². The molecule has 0 saturated heterocycles. The third-order valence-corrected chi connectivity index (χ3v) is 0.204. The maximum Gasteiger partial charge on any atom is 0.177 e. The van der Waals surface area contributed by atoms with E-state index in [9.17, 15) is 0 Å². The van der Waals surface area contributed by atoms with Crippen LogP contribution in [0.2, 0.25) is 0 Å². The van der Waals surface area contributed by atoms with Gasteiger partial charge in [0.05, 0.1) is 0 Å². The number of rotatable bonds is 1. The van der Waals surface area contributed by atoms with Crippen molar-refractivity contribution < 1.29 is 14.1 Å². The van der Waals surface area contributed by atoms with Crippen LogP contribution in [-0.4, -0.2) is 14.5 Å². The Kier molecular flexibility index (Phi) is 170. The Hall–Kier alpha value is -0.185. The molecule has 1 N–H and O–H groups in total. The predicted molar refractivity (Wildman–Crippen MR) is 26.9 cm³/mol. The highest BCUT2D eigenvalue weighted by atomic mass is 19.0. The number of halogens is 3. The average Bonchev–Trinajstić information content (AvgIpc) is 1.37. The molecule has 0 spiro atoms. The van der Waals surface area contributed by atoms with Crippen LogP contribution in [0.25, 0.3) is 0 Å². The van der Waals surface area contributed by atoms with Gasteiger partial charge < -0.3 is 5.23 Å². The van der Waals surface area contributed by atoms with Gasteiger partial charge in [-0.15, -0.1) is 0 Å². The molecule has 0 rings (SSSR count). The molecule has 5 heteroatoms. The van der Waals surface area contributed by atoms with Crippen molar-refractivity contribution in [2.75, 3.05) is 6.54 Å². The molecule has 0 bridgehead atoms. The lowest BCUT2D eigenvalue weighted by Crippen LogP contribution is -2.04. The van der Waals surface area contributed by atoms with Crippen LogP contribution in [0.5, 0.6) is 0 Å². The predicted octanol–water partition coefficient (Wildman–Crippen LogP) is 0.137. The average molecular weight is 115 g/mol. The molecule has 0 aromatic heterocycles. The Morgan fingerprint density at radius 1 is 1.29 bits per heavy atom. The molecule has 2 radical (unpaired) electrons. The highest BCUT2D eigenvalue weighted by molar-refractivity contribution is 6.04. The van der Waals surface area contributed by atoms with Gasteiger partial charge in [0.15, 0.2) is 7.98 Å². The second-order valence-electron chi connectivity index (χ2n) is 0.558. The summed E-state index contributed by atoms with van der Waals surface area (Å²) in [5, 5.41) is 2.43. The van der Waals surface area contributed by atoms with Crippen LogP contribution >= 0.6 is 0 Å². The highest BCUT2D eigenvalue weighted by Crippen LogP contribution is 1.33. The van der Waals surface area contributed by atoms with Crippen molar-refractivity contribution in [3.05, 3.63) is 0 Å². The van der Waals surface area contributed by atoms with Gasteiger partial charge in [-0.3, -0.25) is 14.1 Å². The summed E-state index contributed by atoms with van der Waals surface area (Å²) in [7, 11) is 4.78. The van der Waals surface area contributed by atoms with E-state index in [0.29, 0.717) is 0 Å². The summed E-state index contributed by atoms with van der Waals surface area (Å²) in [4.78, 5) is 0. The minimum absolute atomic E-state index is 0. The third kappa shape index (κ3) is 127. The summed E-state index contributed by atoms with van der Waals surface area (Å²) < 4.78 is 0. The minimum atomic E-state index is 0. The van der Waals surface area contributed by atoms with E-state index in [1.54, 1.807) is 0 Å². The molecule has 0 amide bonds. The summed E-state index contributed by atoms with van der Waals surface area (Å²) in [6, 6.07) is 0. The van der Waals surface area contributed by atoms with Crippen LogP contribution in [0.15, 0.2) is 0 Å². The van der Waals surface area contributed by atoms with Crippen molar-refractivity contribution in [1.82, 2.24) is 5.23 Å². The molecule has 0 heterocycles. The van der Waals surface area contributed by atoms with Gasteiger partial charge in [-0.25, -0.2) is 0 Å². The van der Waals surface area contributed by atoms with Gasteiger partial charge >= 0.3 is 0 Å². The highest BCUT2D eigenvalue weighted by Gasteiger charge is 1.51. The van der Waals surface area contributed by atoms with E-state index in [1.807, 2.05) is 6.92 Å². The molecule has 46 valence electrons. The van der Waals surface area contributed by atoms with Crippen LogP contribution in [0.1, 0.15) is 6.92 Å². The molecule has 0 aliphatic heterocycles. The molecule has 0 unspecified atom stereocenters. The Bertz CT molecular complexity index is 14.9. The molecule has 1 nitrogen and oxygen atoms in total. The second kappa shape index (κ2) is 40.9. The van der Waals surface area contributed by atoms with Gasteiger partial charge in [0.2, 0.25) is 0 Å². The fourth-order valence-corrected chi connectivity index (χ4v) is 0. The van der Waals surface area contributed by atoms with E-state index >= 15 is 0 Å². The van der Waals surface area contributed by atoms with E-state index in [4.69, 9.17) is 7.98 Å². The van der Waals surface area contributed by atoms with Crippen molar-refractivity contribution >= 4 is 7.98 Å². The maximum absolute atomic E-state index is 4.78. The van der Waals surface area contributed by atoms with Crippen LogP contribution in [0.3, 0.4) is 0 Å². The van der Waals surface area contributed by atoms with Crippen LogP contribution in [-0.2, 0) is 0 Å². The van der Waals surface area contributed by atoms with Crippen molar-refractivity contribution in [2.24, 2.45) is 0 Å². The Balaban J connectivity index is -0.0000000150. The van der Waals surface area contributed by atoms with E-state index in [1.165, 1.54) is 0 Å². The smallest absolute Gasteiger partial charge is 0.177 e. The standard InChI is InChI=1S/C2H6BN.3FH/c1-2-4-3;;;/h4H,2H2,1H3;3*1H. The molecule has 7 heavy (non-hydrogen) atoms. The summed E-state index contributed by atoms with van der Waals surface area (Å²) in [5.41, 5.74) is 0. The monoisotopic (exact) mass is 115 g/mol. The molecule has 0 aliphatic carbocycles. The fraction of sp³-hybridized carbons (Fsp3) is 1.00. The molecule has 0 aromatic carbocycles. The van der Waals surface area contributed by atoms with Gasteiger partial charge in [0.25, 0.3) is 0 Å². The number of hydrogen-bond donors (Lipinski definition) is 1. The van der Waals surface area contributed by atoms with Gasteiger partial charge in [0, 0.05) is 0 Å². The van der Waals surface area contributed by atoms with E-state index < -0.39 is 0 Å². The minimum Gasteiger partial charge on any atom is -0.366 e. The maximum atomic E-state index is 4.78. The Morgan fingerprint density at radius 3 is 1.43 bits per heavy atom. The number of hydrogen-bond acceptors (Lipinski definition) is 1. The lowest BCUT2D eigenvalue weighted by molar-refractivity contribution is 1.02. The van der Waals surface area contributed by atoms with E-state index in [0.717, 1.165) is 6.54 Å². The zero-order chi connectivity index (χ0) is 3.41. The van der Waals surface area contributed by atoms with Crippen LogP contribution in [0, 0.1) is 0 Å². The first kappa shape index (κ1) is 29.1. The first-order valence-corrected chi connectivity index (χ1v) is 1.35. The SMILES string of the molecule is F.F.F.[B]NCC. The lowest BCUT2D eigenvalue weighted by atomic mass is 10.4. The Labute approximate surface area is 42.0 Å². The summed E-state index contributed by atoms with van der Waals surface area (Å²) in [5.74, 6) is 0. The van der Waals surface area contributed by atoms with Gasteiger partial charge in [-0.2, -0.15) is 0 Å². The fourth-order valence-electron chi connectivity index (χ4n) is 0. The normalized spacial score (nSPS) is 4.14. The molecule has 0 atom stereocenters. The largest absolute Gasteiger partial charge is 0.366 e. The first-order chi connectivity index (χ1) is 1.91. The van der Waals surface area contributed by atoms with Crippen molar-refractivity contribution in [1.29, 1.82) is 0 Å². The topological polar surface area (TPSA) is 12.0 Å². The van der Waals surface area contributed by atoms with Gasteiger partial charge in [0.1, 0.15) is 0 Å². The first-order valence-electron chi connectivity index (χ1n) is 1.35. The molecule has 0 fully saturated rings. The van der Waals surface area contributed by atoms with Gasteiger partial charge in [-0.1, -0.05) is 6.92 Å². The molecule has 0 aliphatic rings. The lowest BCUT2D eigenvalue weighted by Gasteiger charge is -1.75. The molecular formula is C2H9BF3N. The van der Waals surface area contributed by atoms with Crippen LogP contribution < -0.4 is 5.23 Å².